The summed E-state index contributed by atoms with van der Waals surface area (Å²) < 4.78 is 0. The van der Waals surface area contributed by atoms with Crippen LogP contribution < -0.4 is 5.32 Å². The fraction of sp³-hybridized carbons (Fsp3) is 0.471. The Morgan fingerprint density at radius 3 is 2.70 bits per heavy atom. The summed E-state index contributed by atoms with van der Waals surface area (Å²) in [5.41, 5.74) is 1.53. The molecule has 1 aliphatic rings. The van der Waals surface area contributed by atoms with Gasteiger partial charge in [0.2, 0.25) is 11.8 Å². The first-order valence-corrected chi connectivity index (χ1v) is 7.69. The van der Waals surface area contributed by atoms with Crippen LogP contribution in [-0.2, 0) is 16.1 Å². The molecular formula is C17H22N4O2. The Labute approximate surface area is 136 Å². The van der Waals surface area contributed by atoms with Gasteiger partial charge in [-0.1, -0.05) is 12.1 Å². The first-order chi connectivity index (χ1) is 11.0. The third-order valence-electron chi connectivity index (χ3n) is 3.95. The lowest BCUT2D eigenvalue weighted by molar-refractivity contribution is -0.129. The summed E-state index contributed by atoms with van der Waals surface area (Å²) in [4.78, 5) is 27.9. The molecule has 6 heteroatoms. The number of nitrogens with one attached hydrogen (secondary N) is 1. The van der Waals surface area contributed by atoms with E-state index in [1.54, 1.807) is 17.0 Å². The molecule has 1 fully saturated rings. The number of likely N-dealkylation sites (tertiary alicyclic amines) is 1. The van der Waals surface area contributed by atoms with Crippen LogP contribution in [0.4, 0.5) is 0 Å². The van der Waals surface area contributed by atoms with E-state index in [1.165, 1.54) is 0 Å². The van der Waals surface area contributed by atoms with Gasteiger partial charge >= 0.3 is 0 Å². The minimum Gasteiger partial charge on any atom is -0.352 e. The number of carbonyl (C=O) groups excluding carboxylic acids is 2. The number of nitrogens with zero attached hydrogens (tertiary/aromatic N) is 3. The minimum absolute atomic E-state index is 0.0466. The van der Waals surface area contributed by atoms with Crippen LogP contribution in [-0.4, -0.2) is 55.3 Å². The Hall–Kier alpha value is -2.39. The number of nitriles is 1. The largest absolute Gasteiger partial charge is 0.352 e. The summed E-state index contributed by atoms with van der Waals surface area (Å²) in [6.07, 6.45) is 0.284. The van der Waals surface area contributed by atoms with Crippen molar-refractivity contribution >= 4 is 11.8 Å². The average molecular weight is 314 g/mol. The highest BCUT2D eigenvalue weighted by Crippen LogP contribution is 2.17. The molecule has 122 valence electrons. The first kappa shape index (κ1) is 17.0. The Balaban J connectivity index is 1.81. The van der Waals surface area contributed by atoms with Gasteiger partial charge in [0.05, 0.1) is 17.6 Å². The predicted molar refractivity (Wildman–Crippen MR) is 86.2 cm³/mol. The van der Waals surface area contributed by atoms with Gasteiger partial charge in [0.25, 0.3) is 0 Å². The molecule has 0 saturated carbocycles. The molecule has 1 heterocycles. The van der Waals surface area contributed by atoms with Crippen LogP contribution in [0.2, 0.25) is 0 Å². The molecule has 1 atom stereocenters. The van der Waals surface area contributed by atoms with Gasteiger partial charge in [0.1, 0.15) is 0 Å². The van der Waals surface area contributed by atoms with Crippen LogP contribution in [0.3, 0.4) is 0 Å². The minimum atomic E-state index is -0.275. The molecule has 1 aromatic carbocycles. The zero-order chi connectivity index (χ0) is 16.8. The molecule has 1 aromatic rings. The molecule has 1 unspecified atom stereocenters. The standard InChI is InChI=1S/C17H22N4O2/c1-20(2)7-8-21-12-15(9-16(21)22)17(23)19-11-14-5-3-13(10-18)4-6-14/h3-6,15H,7-9,11-12H2,1-2H3,(H,19,23). The lowest BCUT2D eigenvalue weighted by Gasteiger charge is -2.19. The molecule has 0 radical (unpaired) electrons. The van der Waals surface area contributed by atoms with Crippen LogP contribution >= 0.6 is 0 Å². The topological polar surface area (TPSA) is 76.4 Å². The normalized spacial score (nSPS) is 17.4. The number of rotatable bonds is 6. The molecule has 0 aromatic heterocycles. The highest BCUT2D eigenvalue weighted by atomic mass is 16.2. The lowest BCUT2D eigenvalue weighted by Crippen LogP contribution is -2.35. The average Bonchev–Trinajstić information content (AvgIpc) is 2.92. The fourth-order valence-corrected chi connectivity index (χ4v) is 2.52. The molecule has 0 spiro atoms. The summed E-state index contributed by atoms with van der Waals surface area (Å²) in [5.74, 6) is -0.316. The second kappa shape index (κ2) is 7.75. The van der Waals surface area contributed by atoms with Crippen LogP contribution in [0.25, 0.3) is 0 Å². The van der Waals surface area contributed by atoms with Gasteiger partial charge in [-0.2, -0.15) is 5.26 Å². The van der Waals surface area contributed by atoms with Gasteiger partial charge in [-0.3, -0.25) is 9.59 Å². The van der Waals surface area contributed by atoms with E-state index in [2.05, 4.69) is 11.4 Å². The summed E-state index contributed by atoms with van der Waals surface area (Å²) >= 11 is 0. The second-order valence-corrected chi connectivity index (χ2v) is 6.07. The molecule has 0 aliphatic carbocycles. The lowest BCUT2D eigenvalue weighted by atomic mass is 10.1. The molecule has 23 heavy (non-hydrogen) atoms. The van der Waals surface area contributed by atoms with Crippen molar-refractivity contribution in [2.75, 3.05) is 33.7 Å². The van der Waals surface area contributed by atoms with Gasteiger partial charge < -0.3 is 15.1 Å². The van der Waals surface area contributed by atoms with Crippen molar-refractivity contribution in [3.05, 3.63) is 35.4 Å². The third kappa shape index (κ3) is 4.80. The monoisotopic (exact) mass is 314 g/mol. The van der Waals surface area contributed by atoms with E-state index in [0.29, 0.717) is 25.2 Å². The predicted octanol–water partition coefficient (Wildman–Crippen LogP) is 0.585. The van der Waals surface area contributed by atoms with E-state index in [0.717, 1.165) is 12.1 Å². The quantitative estimate of drug-likeness (QED) is 0.833. The molecule has 1 N–H and O–H groups in total. The Morgan fingerprint density at radius 1 is 1.39 bits per heavy atom. The molecule has 0 bridgehead atoms. The fourth-order valence-electron chi connectivity index (χ4n) is 2.52. The van der Waals surface area contributed by atoms with E-state index >= 15 is 0 Å². The van der Waals surface area contributed by atoms with Crippen molar-refractivity contribution in [2.45, 2.75) is 13.0 Å². The molecular weight excluding hydrogens is 292 g/mol. The van der Waals surface area contributed by atoms with Crippen LogP contribution in [0, 0.1) is 17.2 Å². The van der Waals surface area contributed by atoms with Crippen molar-refractivity contribution in [1.82, 2.24) is 15.1 Å². The summed E-state index contributed by atoms with van der Waals surface area (Å²) in [6.45, 7) is 2.36. The number of hydrogen-bond donors (Lipinski definition) is 1. The van der Waals surface area contributed by atoms with Crippen LogP contribution in [0.1, 0.15) is 17.5 Å². The van der Waals surface area contributed by atoms with Crippen molar-refractivity contribution < 1.29 is 9.59 Å². The second-order valence-electron chi connectivity index (χ2n) is 6.07. The smallest absolute Gasteiger partial charge is 0.225 e. The third-order valence-corrected chi connectivity index (χ3v) is 3.95. The van der Waals surface area contributed by atoms with Crippen molar-refractivity contribution in [3.63, 3.8) is 0 Å². The number of carbonyl (C=O) groups is 2. The Morgan fingerprint density at radius 2 is 2.09 bits per heavy atom. The number of amides is 2. The highest BCUT2D eigenvalue weighted by molar-refractivity contribution is 5.89. The maximum atomic E-state index is 12.2. The maximum absolute atomic E-state index is 12.2. The molecule has 1 aliphatic heterocycles. The zero-order valence-electron chi connectivity index (χ0n) is 13.6. The molecule has 6 nitrogen and oxygen atoms in total. The van der Waals surface area contributed by atoms with E-state index in [1.807, 2.05) is 31.1 Å². The molecule has 2 amide bonds. The SMILES string of the molecule is CN(C)CCN1CC(C(=O)NCc2ccc(C#N)cc2)CC1=O. The van der Waals surface area contributed by atoms with Gasteiger partial charge in [-0.25, -0.2) is 0 Å². The summed E-state index contributed by atoms with van der Waals surface area (Å²) in [7, 11) is 3.92. The summed E-state index contributed by atoms with van der Waals surface area (Å²) in [5, 5.41) is 11.6. The number of hydrogen-bond acceptors (Lipinski definition) is 4. The van der Waals surface area contributed by atoms with E-state index in [9.17, 15) is 9.59 Å². The van der Waals surface area contributed by atoms with Crippen molar-refractivity contribution in [1.29, 1.82) is 5.26 Å². The van der Waals surface area contributed by atoms with Gasteiger partial charge in [-0.15, -0.1) is 0 Å². The molecule has 1 saturated heterocycles. The Bertz CT molecular complexity index is 604. The van der Waals surface area contributed by atoms with Crippen LogP contribution in [0.5, 0.6) is 0 Å². The number of likely N-dealkylation sites (N-methyl/N-ethyl adjacent to an activating group) is 1. The summed E-state index contributed by atoms with van der Waals surface area (Å²) in [6, 6.07) is 9.15. The Kier molecular flexibility index (Phi) is 5.72. The van der Waals surface area contributed by atoms with E-state index < -0.39 is 0 Å². The van der Waals surface area contributed by atoms with Crippen molar-refractivity contribution in [2.24, 2.45) is 5.92 Å². The highest BCUT2D eigenvalue weighted by Gasteiger charge is 2.33. The van der Waals surface area contributed by atoms with E-state index in [4.69, 9.17) is 5.26 Å². The van der Waals surface area contributed by atoms with Crippen LogP contribution in [0.15, 0.2) is 24.3 Å². The molecule has 2 rings (SSSR count). The number of benzene rings is 1. The van der Waals surface area contributed by atoms with Gasteiger partial charge in [0.15, 0.2) is 0 Å². The van der Waals surface area contributed by atoms with Gasteiger partial charge in [-0.05, 0) is 31.8 Å². The maximum Gasteiger partial charge on any atom is 0.225 e. The first-order valence-electron chi connectivity index (χ1n) is 7.69. The van der Waals surface area contributed by atoms with Gasteiger partial charge in [0, 0.05) is 32.6 Å². The van der Waals surface area contributed by atoms with Crippen molar-refractivity contribution in [3.8, 4) is 6.07 Å². The zero-order valence-corrected chi connectivity index (χ0v) is 13.6. The van der Waals surface area contributed by atoms with E-state index in [-0.39, 0.29) is 24.2 Å².